The van der Waals surface area contributed by atoms with Gasteiger partial charge in [0.05, 0.1) is 11.3 Å². The minimum atomic E-state index is 0.752. The maximum Gasteiger partial charge on any atom is 0.222 e. The molecule has 0 aliphatic rings. The Kier molecular flexibility index (Phi) is 4.22. The standard InChI is InChI=1S/C15H21N3O/c1-5-12-6-8-13(9-7-12)19-15-14(10-16-3)11(2)17-18(15)4/h6-9,16H,5,10H2,1-4H3. The van der Waals surface area contributed by atoms with Crippen molar-refractivity contribution in [2.24, 2.45) is 7.05 Å². The van der Waals surface area contributed by atoms with Crippen molar-refractivity contribution in [2.75, 3.05) is 7.05 Å². The summed E-state index contributed by atoms with van der Waals surface area (Å²) >= 11 is 0. The van der Waals surface area contributed by atoms with Gasteiger partial charge in [-0.15, -0.1) is 0 Å². The van der Waals surface area contributed by atoms with Gasteiger partial charge in [0.1, 0.15) is 5.75 Å². The molecule has 0 atom stereocenters. The molecule has 102 valence electrons. The molecule has 2 rings (SSSR count). The number of aromatic nitrogens is 2. The summed E-state index contributed by atoms with van der Waals surface area (Å²) in [7, 11) is 3.83. The molecule has 4 heteroatoms. The van der Waals surface area contributed by atoms with Gasteiger partial charge < -0.3 is 10.1 Å². The molecule has 1 heterocycles. The molecular formula is C15H21N3O. The second kappa shape index (κ2) is 5.89. The monoisotopic (exact) mass is 259 g/mol. The Morgan fingerprint density at radius 1 is 1.26 bits per heavy atom. The normalized spacial score (nSPS) is 10.7. The number of aryl methyl sites for hydroxylation is 3. The van der Waals surface area contributed by atoms with Crippen LogP contribution in [0.2, 0.25) is 0 Å². The second-order valence-corrected chi connectivity index (χ2v) is 4.62. The lowest BCUT2D eigenvalue weighted by Gasteiger charge is -2.09. The van der Waals surface area contributed by atoms with E-state index in [1.54, 1.807) is 4.68 Å². The molecule has 1 aromatic heterocycles. The molecule has 1 N–H and O–H groups in total. The van der Waals surface area contributed by atoms with Gasteiger partial charge in [0.2, 0.25) is 5.88 Å². The van der Waals surface area contributed by atoms with Crippen molar-refractivity contribution in [3.63, 3.8) is 0 Å². The average molecular weight is 259 g/mol. The molecule has 0 fully saturated rings. The van der Waals surface area contributed by atoms with Crippen LogP contribution in [0.15, 0.2) is 24.3 Å². The number of nitrogens with one attached hydrogen (secondary N) is 1. The van der Waals surface area contributed by atoms with E-state index in [-0.39, 0.29) is 0 Å². The molecule has 0 aliphatic heterocycles. The van der Waals surface area contributed by atoms with Crippen LogP contribution in [0.3, 0.4) is 0 Å². The Balaban J connectivity index is 2.26. The van der Waals surface area contributed by atoms with Crippen molar-refractivity contribution >= 4 is 0 Å². The zero-order valence-corrected chi connectivity index (χ0v) is 12.0. The topological polar surface area (TPSA) is 39.1 Å². The second-order valence-electron chi connectivity index (χ2n) is 4.62. The van der Waals surface area contributed by atoms with Crippen LogP contribution in [0.1, 0.15) is 23.7 Å². The predicted molar refractivity (Wildman–Crippen MR) is 76.6 cm³/mol. The van der Waals surface area contributed by atoms with E-state index in [2.05, 4.69) is 29.5 Å². The highest BCUT2D eigenvalue weighted by atomic mass is 16.5. The number of nitrogens with zero attached hydrogens (tertiary/aromatic N) is 2. The number of ether oxygens (including phenoxy) is 1. The Morgan fingerprint density at radius 2 is 1.95 bits per heavy atom. The molecule has 19 heavy (non-hydrogen) atoms. The molecule has 0 amide bonds. The molecule has 4 nitrogen and oxygen atoms in total. The first kappa shape index (κ1) is 13.6. The molecule has 0 saturated heterocycles. The molecule has 0 spiro atoms. The fourth-order valence-corrected chi connectivity index (χ4v) is 2.09. The predicted octanol–water partition coefficient (Wildman–Crippen LogP) is 2.80. The Hall–Kier alpha value is -1.81. The molecule has 2 aromatic rings. The zero-order chi connectivity index (χ0) is 13.8. The smallest absolute Gasteiger partial charge is 0.222 e. The summed E-state index contributed by atoms with van der Waals surface area (Å²) in [6.45, 7) is 4.90. The van der Waals surface area contributed by atoms with Crippen LogP contribution in [0.25, 0.3) is 0 Å². The summed E-state index contributed by atoms with van der Waals surface area (Å²) in [5.74, 6) is 1.65. The van der Waals surface area contributed by atoms with E-state index in [0.29, 0.717) is 0 Å². The molecule has 0 radical (unpaired) electrons. The fourth-order valence-electron chi connectivity index (χ4n) is 2.09. The average Bonchev–Trinajstić information content (AvgIpc) is 2.67. The number of rotatable bonds is 5. The van der Waals surface area contributed by atoms with Gasteiger partial charge in [0.15, 0.2) is 0 Å². The van der Waals surface area contributed by atoms with Gasteiger partial charge in [-0.05, 0) is 38.1 Å². The van der Waals surface area contributed by atoms with E-state index in [4.69, 9.17) is 4.74 Å². The Bertz CT molecular complexity index is 543. The quantitative estimate of drug-likeness (QED) is 0.897. The highest BCUT2D eigenvalue weighted by molar-refractivity contribution is 5.36. The van der Waals surface area contributed by atoms with Gasteiger partial charge in [-0.2, -0.15) is 5.10 Å². The summed E-state index contributed by atoms with van der Waals surface area (Å²) in [4.78, 5) is 0. The lowest BCUT2D eigenvalue weighted by atomic mass is 10.2. The molecule has 1 aromatic carbocycles. The van der Waals surface area contributed by atoms with Gasteiger partial charge in [-0.25, -0.2) is 4.68 Å². The van der Waals surface area contributed by atoms with Crippen molar-refractivity contribution in [1.29, 1.82) is 0 Å². The molecule has 0 saturated carbocycles. The van der Waals surface area contributed by atoms with Crippen LogP contribution < -0.4 is 10.1 Å². The minimum Gasteiger partial charge on any atom is -0.439 e. The van der Waals surface area contributed by atoms with Crippen LogP contribution in [0, 0.1) is 6.92 Å². The summed E-state index contributed by atoms with van der Waals surface area (Å²) in [6, 6.07) is 8.20. The van der Waals surface area contributed by atoms with Crippen LogP contribution in [-0.4, -0.2) is 16.8 Å². The summed E-state index contributed by atoms with van der Waals surface area (Å²) < 4.78 is 7.76. The van der Waals surface area contributed by atoms with Gasteiger partial charge >= 0.3 is 0 Å². The van der Waals surface area contributed by atoms with Gasteiger partial charge in [0, 0.05) is 13.6 Å². The first-order valence-corrected chi connectivity index (χ1v) is 6.59. The zero-order valence-electron chi connectivity index (χ0n) is 12.0. The van der Waals surface area contributed by atoms with Crippen molar-refractivity contribution in [3.8, 4) is 11.6 Å². The first-order valence-electron chi connectivity index (χ1n) is 6.59. The Morgan fingerprint density at radius 3 is 2.53 bits per heavy atom. The summed E-state index contributed by atoms with van der Waals surface area (Å²) in [5.41, 5.74) is 3.41. The number of hydrogen-bond donors (Lipinski definition) is 1. The van der Waals surface area contributed by atoms with E-state index >= 15 is 0 Å². The molecule has 0 aliphatic carbocycles. The highest BCUT2D eigenvalue weighted by Crippen LogP contribution is 2.27. The van der Waals surface area contributed by atoms with Crippen molar-refractivity contribution in [2.45, 2.75) is 26.8 Å². The van der Waals surface area contributed by atoms with E-state index in [1.807, 2.05) is 33.2 Å². The van der Waals surface area contributed by atoms with Crippen molar-refractivity contribution in [3.05, 3.63) is 41.1 Å². The SMILES string of the molecule is CCc1ccc(Oc2c(CNC)c(C)nn2C)cc1. The minimum absolute atomic E-state index is 0.752. The van der Waals surface area contributed by atoms with Crippen LogP contribution in [0.4, 0.5) is 0 Å². The third kappa shape index (κ3) is 2.96. The number of benzene rings is 1. The van der Waals surface area contributed by atoms with Crippen LogP contribution >= 0.6 is 0 Å². The maximum atomic E-state index is 5.97. The lowest BCUT2D eigenvalue weighted by molar-refractivity contribution is 0.424. The largest absolute Gasteiger partial charge is 0.439 e. The van der Waals surface area contributed by atoms with Crippen molar-refractivity contribution in [1.82, 2.24) is 15.1 Å². The van der Waals surface area contributed by atoms with E-state index in [9.17, 15) is 0 Å². The molecular weight excluding hydrogens is 238 g/mol. The fraction of sp³-hybridized carbons (Fsp3) is 0.400. The van der Waals surface area contributed by atoms with E-state index < -0.39 is 0 Å². The third-order valence-electron chi connectivity index (χ3n) is 3.19. The van der Waals surface area contributed by atoms with Gasteiger partial charge in [-0.3, -0.25) is 0 Å². The maximum absolute atomic E-state index is 5.97. The van der Waals surface area contributed by atoms with Crippen molar-refractivity contribution < 1.29 is 4.74 Å². The van der Waals surface area contributed by atoms with E-state index in [0.717, 1.165) is 35.9 Å². The Labute approximate surface area is 114 Å². The van der Waals surface area contributed by atoms with Gasteiger partial charge in [-0.1, -0.05) is 19.1 Å². The van der Waals surface area contributed by atoms with Crippen LogP contribution in [-0.2, 0) is 20.0 Å². The highest BCUT2D eigenvalue weighted by Gasteiger charge is 2.14. The summed E-state index contributed by atoms with van der Waals surface area (Å²) in [6.07, 6.45) is 1.04. The van der Waals surface area contributed by atoms with Crippen LogP contribution in [0.5, 0.6) is 11.6 Å². The van der Waals surface area contributed by atoms with E-state index in [1.165, 1.54) is 5.56 Å². The molecule has 0 bridgehead atoms. The van der Waals surface area contributed by atoms with Gasteiger partial charge in [0.25, 0.3) is 0 Å². The number of hydrogen-bond acceptors (Lipinski definition) is 3. The lowest BCUT2D eigenvalue weighted by Crippen LogP contribution is -2.07. The molecule has 0 unspecified atom stereocenters. The third-order valence-corrected chi connectivity index (χ3v) is 3.19. The summed E-state index contributed by atoms with van der Waals surface area (Å²) in [5, 5.41) is 7.56. The first-order chi connectivity index (χ1) is 9.15.